The molecule has 0 amide bonds. The molecule has 1 N–H and O–H groups in total. The zero-order valence-electron chi connectivity index (χ0n) is 9.52. The Morgan fingerprint density at radius 2 is 2.00 bits per heavy atom. The molecule has 16 heavy (non-hydrogen) atoms. The first-order valence-corrected chi connectivity index (χ1v) is 5.97. The molecule has 2 bridgehead atoms. The fraction of sp³-hybridized carbons (Fsp3) is 0.615. The number of ether oxygens (including phenoxy) is 1. The monoisotopic (exact) mass is 219 g/mol. The lowest BCUT2D eigenvalue weighted by Gasteiger charge is -2.36. The molecule has 86 valence electrons. The van der Waals surface area contributed by atoms with Crippen LogP contribution in [0.5, 0.6) is 0 Å². The van der Waals surface area contributed by atoms with E-state index in [0.717, 1.165) is 24.1 Å². The van der Waals surface area contributed by atoms with Crippen LogP contribution in [-0.4, -0.2) is 22.3 Å². The van der Waals surface area contributed by atoms with Gasteiger partial charge >= 0.3 is 0 Å². The minimum absolute atomic E-state index is 0.241. The SMILES string of the molecule is Cc1ccc(C2(O)CC3CCC(C2)O3)cn1. The number of aliphatic hydroxyl groups is 1. The molecule has 2 atom stereocenters. The average molecular weight is 219 g/mol. The van der Waals surface area contributed by atoms with Gasteiger partial charge in [0.25, 0.3) is 0 Å². The third-order valence-corrected chi connectivity index (χ3v) is 3.77. The fourth-order valence-corrected chi connectivity index (χ4v) is 2.90. The lowest BCUT2D eigenvalue weighted by Crippen LogP contribution is -2.38. The maximum absolute atomic E-state index is 10.7. The Hall–Kier alpha value is -0.930. The Labute approximate surface area is 95.5 Å². The predicted molar refractivity (Wildman–Crippen MR) is 60.0 cm³/mol. The standard InChI is InChI=1S/C13H17NO2/c1-9-2-3-10(8-14-9)13(15)6-11-4-5-12(7-13)16-11/h2-3,8,11-12,15H,4-7H2,1H3. The second kappa shape index (κ2) is 3.54. The summed E-state index contributed by atoms with van der Waals surface area (Å²) in [6.07, 6.45) is 5.90. The van der Waals surface area contributed by atoms with E-state index in [-0.39, 0.29) is 12.2 Å². The largest absolute Gasteiger partial charge is 0.385 e. The number of fused-ring (bicyclic) bond motifs is 2. The van der Waals surface area contributed by atoms with Gasteiger partial charge in [-0.15, -0.1) is 0 Å². The molecule has 3 heterocycles. The van der Waals surface area contributed by atoms with Gasteiger partial charge in [0.2, 0.25) is 0 Å². The van der Waals surface area contributed by atoms with Crippen LogP contribution in [0.25, 0.3) is 0 Å². The van der Waals surface area contributed by atoms with E-state index in [1.54, 1.807) is 6.20 Å². The molecule has 0 saturated carbocycles. The van der Waals surface area contributed by atoms with E-state index in [0.29, 0.717) is 12.8 Å². The second-order valence-corrected chi connectivity index (χ2v) is 5.09. The van der Waals surface area contributed by atoms with Crippen LogP contribution >= 0.6 is 0 Å². The molecular weight excluding hydrogens is 202 g/mol. The number of hydrogen-bond donors (Lipinski definition) is 1. The lowest BCUT2D eigenvalue weighted by atomic mass is 9.84. The molecule has 2 fully saturated rings. The number of pyridine rings is 1. The summed E-state index contributed by atoms with van der Waals surface area (Å²) >= 11 is 0. The van der Waals surface area contributed by atoms with E-state index >= 15 is 0 Å². The maximum Gasteiger partial charge on any atom is 0.0960 e. The van der Waals surface area contributed by atoms with Crippen molar-refractivity contribution in [2.24, 2.45) is 0 Å². The van der Waals surface area contributed by atoms with Crippen molar-refractivity contribution < 1.29 is 9.84 Å². The lowest BCUT2D eigenvalue weighted by molar-refractivity contribution is -0.115. The van der Waals surface area contributed by atoms with Crippen molar-refractivity contribution in [1.29, 1.82) is 0 Å². The van der Waals surface area contributed by atoms with Gasteiger partial charge in [-0.3, -0.25) is 4.98 Å². The molecule has 1 aromatic heterocycles. The molecule has 2 aliphatic heterocycles. The number of nitrogens with zero attached hydrogens (tertiary/aromatic N) is 1. The normalized spacial score (nSPS) is 37.6. The Balaban J connectivity index is 1.90. The van der Waals surface area contributed by atoms with Crippen molar-refractivity contribution >= 4 is 0 Å². The van der Waals surface area contributed by atoms with Crippen molar-refractivity contribution in [3.05, 3.63) is 29.6 Å². The van der Waals surface area contributed by atoms with E-state index in [1.807, 2.05) is 19.1 Å². The van der Waals surface area contributed by atoms with Crippen LogP contribution in [0.1, 0.15) is 36.9 Å². The van der Waals surface area contributed by atoms with E-state index in [9.17, 15) is 5.11 Å². The third kappa shape index (κ3) is 1.64. The number of aromatic nitrogens is 1. The van der Waals surface area contributed by atoms with Crippen LogP contribution in [0.3, 0.4) is 0 Å². The Kier molecular flexibility index (Phi) is 2.26. The van der Waals surface area contributed by atoms with Gasteiger partial charge in [-0.05, 0) is 25.8 Å². The third-order valence-electron chi connectivity index (χ3n) is 3.77. The molecule has 2 saturated heterocycles. The summed E-state index contributed by atoms with van der Waals surface area (Å²) in [5.74, 6) is 0. The second-order valence-electron chi connectivity index (χ2n) is 5.09. The maximum atomic E-state index is 10.7. The zero-order chi connectivity index (χ0) is 11.2. The zero-order valence-corrected chi connectivity index (χ0v) is 9.52. The summed E-state index contributed by atoms with van der Waals surface area (Å²) < 4.78 is 5.76. The molecule has 0 aromatic carbocycles. The topological polar surface area (TPSA) is 42.4 Å². The molecular formula is C13H17NO2. The Morgan fingerprint density at radius 3 is 2.56 bits per heavy atom. The van der Waals surface area contributed by atoms with Gasteiger partial charge < -0.3 is 9.84 Å². The van der Waals surface area contributed by atoms with Crippen LogP contribution in [0.4, 0.5) is 0 Å². The highest BCUT2D eigenvalue weighted by molar-refractivity contribution is 5.22. The number of rotatable bonds is 1. The first-order valence-electron chi connectivity index (χ1n) is 5.97. The van der Waals surface area contributed by atoms with E-state index in [4.69, 9.17) is 4.74 Å². The average Bonchev–Trinajstić information content (AvgIpc) is 2.59. The van der Waals surface area contributed by atoms with Crippen LogP contribution in [0.2, 0.25) is 0 Å². The Morgan fingerprint density at radius 1 is 1.31 bits per heavy atom. The molecule has 0 aliphatic carbocycles. The summed E-state index contributed by atoms with van der Waals surface area (Å²) in [5.41, 5.74) is 1.21. The Bertz CT molecular complexity index is 375. The summed E-state index contributed by atoms with van der Waals surface area (Å²) in [5, 5.41) is 10.7. The number of hydrogen-bond acceptors (Lipinski definition) is 3. The predicted octanol–water partition coefficient (Wildman–Crippen LogP) is 1.92. The summed E-state index contributed by atoms with van der Waals surface area (Å²) in [6, 6.07) is 3.96. The van der Waals surface area contributed by atoms with Crippen LogP contribution in [0, 0.1) is 6.92 Å². The van der Waals surface area contributed by atoms with Crippen molar-refractivity contribution in [3.63, 3.8) is 0 Å². The molecule has 2 aliphatic rings. The minimum Gasteiger partial charge on any atom is -0.385 e. The van der Waals surface area contributed by atoms with Gasteiger partial charge in [0.05, 0.1) is 17.8 Å². The van der Waals surface area contributed by atoms with Crippen molar-refractivity contribution in [3.8, 4) is 0 Å². The van der Waals surface area contributed by atoms with Gasteiger partial charge in [0, 0.05) is 30.3 Å². The van der Waals surface area contributed by atoms with E-state index in [1.165, 1.54) is 0 Å². The molecule has 3 heteroatoms. The van der Waals surface area contributed by atoms with Crippen molar-refractivity contribution in [2.75, 3.05) is 0 Å². The fourth-order valence-electron chi connectivity index (χ4n) is 2.90. The molecule has 0 spiro atoms. The molecule has 2 unspecified atom stereocenters. The van der Waals surface area contributed by atoms with Crippen LogP contribution in [-0.2, 0) is 10.3 Å². The van der Waals surface area contributed by atoms with E-state index in [2.05, 4.69) is 4.98 Å². The van der Waals surface area contributed by atoms with Crippen molar-refractivity contribution in [1.82, 2.24) is 4.98 Å². The van der Waals surface area contributed by atoms with Crippen LogP contribution in [0.15, 0.2) is 18.3 Å². The molecule has 0 radical (unpaired) electrons. The highest BCUT2D eigenvalue weighted by Gasteiger charge is 2.44. The molecule has 1 aromatic rings. The first-order chi connectivity index (χ1) is 7.66. The first kappa shape index (κ1) is 10.2. The van der Waals surface area contributed by atoms with Gasteiger partial charge in [-0.1, -0.05) is 6.07 Å². The van der Waals surface area contributed by atoms with Gasteiger partial charge in [-0.25, -0.2) is 0 Å². The molecule has 3 nitrogen and oxygen atoms in total. The highest BCUT2D eigenvalue weighted by atomic mass is 16.5. The van der Waals surface area contributed by atoms with Gasteiger partial charge in [-0.2, -0.15) is 0 Å². The van der Waals surface area contributed by atoms with Crippen molar-refractivity contribution in [2.45, 2.75) is 50.4 Å². The summed E-state index contributed by atoms with van der Waals surface area (Å²) in [7, 11) is 0. The van der Waals surface area contributed by atoms with E-state index < -0.39 is 5.60 Å². The highest BCUT2D eigenvalue weighted by Crippen LogP contribution is 2.43. The minimum atomic E-state index is -0.717. The summed E-state index contributed by atoms with van der Waals surface area (Å²) in [6.45, 7) is 1.96. The quantitative estimate of drug-likeness (QED) is 0.784. The number of aryl methyl sites for hydroxylation is 1. The molecule has 3 rings (SSSR count). The van der Waals surface area contributed by atoms with Gasteiger partial charge in [0.1, 0.15) is 0 Å². The van der Waals surface area contributed by atoms with Gasteiger partial charge in [0.15, 0.2) is 0 Å². The van der Waals surface area contributed by atoms with Crippen LogP contribution < -0.4 is 0 Å². The summed E-state index contributed by atoms with van der Waals surface area (Å²) in [4.78, 5) is 4.27. The smallest absolute Gasteiger partial charge is 0.0960 e.